The molecule has 1 aliphatic carbocycles. The highest BCUT2D eigenvalue weighted by molar-refractivity contribution is 6.05. The number of carbonyl (C=O) groups is 2. The number of likely N-dealkylation sites (tertiary alicyclic amines) is 1. The molecule has 0 bridgehead atoms. The maximum Gasteiger partial charge on any atom is 0.237 e. The molecule has 0 saturated carbocycles. The van der Waals surface area contributed by atoms with Gasteiger partial charge in [0.15, 0.2) is 6.67 Å². The number of quaternary nitrogens is 1. The number of fused-ring (bicyclic) bond motifs is 1. The molecule has 27 heavy (non-hydrogen) atoms. The number of amides is 2. The molecule has 5 heteroatoms. The monoisotopic (exact) mass is 368 g/mol. The van der Waals surface area contributed by atoms with Crippen LogP contribution < -0.4 is 9.80 Å². The first-order valence-corrected chi connectivity index (χ1v) is 10.3. The van der Waals surface area contributed by atoms with Gasteiger partial charge in [0.05, 0.1) is 18.9 Å². The number of imide groups is 1. The fourth-order valence-corrected chi connectivity index (χ4v) is 4.78. The SMILES string of the molecule is C[NH+](Cc1ccccc1N1CCCCC1)CN1C(=O)[C@H]2CC=CC[C@H]2C1=O. The van der Waals surface area contributed by atoms with E-state index >= 15 is 0 Å². The van der Waals surface area contributed by atoms with Crippen LogP contribution in [0.5, 0.6) is 0 Å². The van der Waals surface area contributed by atoms with Gasteiger partial charge in [0.2, 0.25) is 11.8 Å². The number of allylic oxidation sites excluding steroid dienone is 2. The Morgan fingerprint density at radius 1 is 0.963 bits per heavy atom. The van der Waals surface area contributed by atoms with Crippen molar-refractivity contribution in [1.29, 1.82) is 0 Å². The molecule has 1 aromatic carbocycles. The number of carbonyl (C=O) groups excluding carboxylic acids is 2. The standard InChI is InChI=1S/C22H29N3O2/c1-23(16-25-21(26)18-10-4-5-11-19(18)22(25)27)15-17-9-3-6-12-20(17)24-13-7-2-8-14-24/h3-6,9,12,18-19H,2,7-8,10-11,13-16H2,1H3/p+1/t18-,19+. The minimum absolute atomic E-state index is 0.0259. The largest absolute Gasteiger partial charge is 0.371 e. The molecule has 5 nitrogen and oxygen atoms in total. The first-order chi connectivity index (χ1) is 13.1. The maximum atomic E-state index is 12.7. The first-order valence-electron chi connectivity index (χ1n) is 10.3. The lowest BCUT2D eigenvalue weighted by Crippen LogP contribution is -3.09. The Morgan fingerprint density at radius 2 is 1.59 bits per heavy atom. The van der Waals surface area contributed by atoms with Gasteiger partial charge < -0.3 is 9.80 Å². The van der Waals surface area contributed by atoms with Crippen molar-refractivity contribution in [1.82, 2.24) is 4.90 Å². The van der Waals surface area contributed by atoms with E-state index in [2.05, 4.69) is 36.2 Å². The number of nitrogens with zero attached hydrogens (tertiary/aromatic N) is 2. The van der Waals surface area contributed by atoms with Crippen molar-refractivity contribution in [3.8, 4) is 0 Å². The van der Waals surface area contributed by atoms with Gasteiger partial charge in [0.1, 0.15) is 6.54 Å². The molecule has 1 unspecified atom stereocenters. The van der Waals surface area contributed by atoms with Crippen molar-refractivity contribution in [3.05, 3.63) is 42.0 Å². The Hall–Kier alpha value is -2.14. The lowest BCUT2D eigenvalue weighted by molar-refractivity contribution is -0.901. The van der Waals surface area contributed by atoms with E-state index < -0.39 is 0 Å². The summed E-state index contributed by atoms with van der Waals surface area (Å²) in [6.07, 6.45) is 9.34. The summed E-state index contributed by atoms with van der Waals surface area (Å²) in [6, 6.07) is 8.58. The molecule has 2 aliphatic heterocycles. The number of para-hydroxylation sites is 1. The normalized spacial score (nSPS) is 26.4. The van der Waals surface area contributed by atoms with Crippen LogP contribution in [0.4, 0.5) is 5.69 Å². The van der Waals surface area contributed by atoms with E-state index in [4.69, 9.17) is 0 Å². The molecule has 2 heterocycles. The van der Waals surface area contributed by atoms with E-state index in [9.17, 15) is 9.59 Å². The van der Waals surface area contributed by atoms with Crippen LogP contribution in [-0.2, 0) is 16.1 Å². The Morgan fingerprint density at radius 3 is 2.26 bits per heavy atom. The fraction of sp³-hybridized carbons (Fsp3) is 0.545. The molecule has 4 rings (SSSR count). The first kappa shape index (κ1) is 18.2. The minimum Gasteiger partial charge on any atom is -0.371 e. The summed E-state index contributed by atoms with van der Waals surface area (Å²) < 4.78 is 0. The highest BCUT2D eigenvalue weighted by atomic mass is 16.2. The van der Waals surface area contributed by atoms with E-state index in [1.54, 1.807) is 0 Å². The van der Waals surface area contributed by atoms with E-state index in [1.165, 1.54) is 40.3 Å². The summed E-state index contributed by atoms with van der Waals surface area (Å²) in [4.78, 5) is 30.6. The Kier molecular flexibility index (Phi) is 5.30. The molecule has 1 N–H and O–H groups in total. The number of anilines is 1. The van der Waals surface area contributed by atoms with Crippen molar-refractivity contribution in [2.45, 2.75) is 38.6 Å². The van der Waals surface area contributed by atoms with Crippen LogP contribution in [-0.4, -0.2) is 43.5 Å². The predicted octanol–water partition coefficient (Wildman–Crippen LogP) is 1.60. The number of hydrogen-bond donors (Lipinski definition) is 1. The lowest BCUT2D eigenvalue weighted by Gasteiger charge is -2.31. The predicted molar refractivity (Wildman–Crippen MR) is 105 cm³/mol. The van der Waals surface area contributed by atoms with Crippen molar-refractivity contribution >= 4 is 17.5 Å². The number of rotatable bonds is 5. The number of piperidine rings is 1. The van der Waals surface area contributed by atoms with E-state index in [0.29, 0.717) is 19.5 Å². The topological polar surface area (TPSA) is 45.1 Å². The van der Waals surface area contributed by atoms with Crippen LogP contribution in [0, 0.1) is 11.8 Å². The van der Waals surface area contributed by atoms with Crippen LogP contribution in [0.25, 0.3) is 0 Å². The molecular formula is C22H30N3O2+. The summed E-state index contributed by atoms with van der Waals surface area (Å²) >= 11 is 0. The molecule has 2 amide bonds. The second-order valence-electron chi connectivity index (χ2n) is 8.23. The third-order valence-electron chi connectivity index (χ3n) is 6.21. The Labute approximate surface area is 161 Å². The summed E-state index contributed by atoms with van der Waals surface area (Å²) in [6.45, 7) is 3.52. The molecule has 3 atom stereocenters. The van der Waals surface area contributed by atoms with Crippen molar-refractivity contribution in [2.24, 2.45) is 11.8 Å². The molecule has 2 fully saturated rings. The van der Waals surface area contributed by atoms with E-state index in [0.717, 1.165) is 19.6 Å². The molecule has 1 aromatic rings. The number of benzene rings is 1. The molecule has 0 radical (unpaired) electrons. The van der Waals surface area contributed by atoms with Crippen molar-refractivity contribution in [3.63, 3.8) is 0 Å². The third kappa shape index (κ3) is 3.65. The van der Waals surface area contributed by atoms with Gasteiger partial charge in [-0.3, -0.25) is 9.59 Å². The van der Waals surface area contributed by atoms with Gasteiger partial charge >= 0.3 is 0 Å². The average Bonchev–Trinajstić information content (AvgIpc) is 2.94. The quantitative estimate of drug-likeness (QED) is 0.634. The van der Waals surface area contributed by atoms with Crippen molar-refractivity contribution in [2.75, 3.05) is 31.7 Å². The van der Waals surface area contributed by atoms with Gasteiger partial charge in [-0.2, -0.15) is 0 Å². The zero-order valence-electron chi connectivity index (χ0n) is 16.2. The van der Waals surface area contributed by atoms with E-state index in [-0.39, 0.29) is 23.7 Å². The maximum absolute atomic E-state index is 12.7. The van der Waals surface area contributed by atoms with Gasteiger partial charge in [0.25, 0.3) is 0 Å². The summed E-state index contributed by atoms with van der Waals surface area (Å²) in [5, 5.41) is 0. The van der Waals surface area contributed by atoms with Crippen LogP contribution in [0.3, 0.4) is 0 Å². The zero-order valence-corrected chi connectivity index (χ0v) is 16.2. The summed E-state index contributed by atoms with van der Waals surface area (Å²) in [5.41, 5.74) is 2.61. The average molecular weight is 369 g/mol. The smallest absolute Gasteiger partial charge is 0.237 e. The van der Waals surface area contributed by atoms with Gasteiger partial charge in [0, 0.05) is 24.3 Å². The highest BCUT2D eigenvalue weighted by Crippen LogP contribution is 2.34. The third-order valence-corrected chi connectivity index (χ3v) is 6.21. The van der Waals surface area contributed by atoms with Gasteiger partial charge in [-0.1, -0.05) is 30.4 Å². The molecule has 3 aliphatic rings. The highest BCUT2D eigenvalue weighted by Gasteiger charge is 2.48. The molecule has 144 valence electrons. The minimum atomic E-state index is -0.129. The fourth-order valence-electron chi connectivity index (χ4n) is 4.78. The van der Waals surface area contributed by atoms with Crippen molar-refractivity contribution < 1.29 is 14.5 Å². The van der Waals surface area contributed by atoms with Gasteiger partial charge in [-0.25, -0.2) is 4.90 Å². The second kappa shape index (κ2) is 7.85. The van der Waals surface area contributed by atoms with Gasteiger partial charge in [-0.15, -0.1) is 0 Å². The number of nitrogens with one attached hydrogen (secondary N) is 1. The molecule has 2 saturated heterocycles. The van der Waals surface area contributed by atoms with Gasteiger partial charge in [-0.05, 0) is 38.2 Å². The van der Waals surface area contributed by atoms with Crippen LogP contribution in [0.15, 0.2) is 36.4 Å². The second-order valence-corrected chi connectivity index (χ2v) is 8.23. The Balaban J connectivity index is 1.43. The lowest BCUT2D eigenvalue weighted by atomic mass is 9.85. The van der Waals surface area contributed by atoms with Crippen LogP contribution >= 0.6 is 0 Å². The summed E-state index contributed by atoms with van der Waals surface area (Å²) in [7, 11) is 2.08. The van der Waals surface area contributed by atoms with Crippen LogP contribution in [0.2, 0.25) is 0 Å². The van der Waals surface area contributed by atoms with E-state index in [1.807, 2.05) is 12.2 Å². The summed E-state index contributed by atoms with van der Waals surface area (Å²) in [5.74, 6) is -0.206. The Bertz CT molecular complexity index is 713. The number of hydrogen-bond acceptors (Lipinski definition) is 3. The molecule has 0 aromatic heterocycles. The molecular weight excluding hydrogens is 338 g/mol. The molecule has 0 spiro atoms. The zero-order chi connectivity index (χ0) is 18.8. The van der Waals surface area contributed by atoms with Crippen LogP contribution in [0.1, 0.15) is 37.7 Å².